The first-order chi connectivity index (χ1) is 9.99. The smallest absolute Gasteiger partial charge is 0.0931 e. The lowest BCUT2D eigenvalue weighted by molar-refractivity contribution is 0.124. The van der Waals surface area contributed by atoms with Crippen LogP contribution in [-0.2, 0) is 6.54 Å². The van der Waals surface area contributed by atoms with Crippen molar-refractivity contribution in [1.82, 2.24) is 4.90 Å². The number of nitrogens with zero attached hydrogens (tertiary/aromatic N) is 1. The van der Waals surface area contributed by atoms with Gasteiger partial charge in [-0.3, -0.25) is 4.90 Å². The van der Waals surface area contributed by atoms with Crippen molar-refractivity contribution in [3.63, 3.8) is 0 Å². The van der Waals surface area contributed by atoms with Crippen LogP contribution in [-0.4, -0.2) is 23.6 Å². The van der Waals surface area contributed by atoms with Crippen molar-refractivity contribution in [3.05, 3.63) is 69.2 Å². The van der Waals surface area contributed by atoms with E-state index < -0.39 is 6.10 Å². The van der Waals surface area contributed by atoms with Gasteiger partial charge in [0.25, 0.3) is 0 Å². The first-order valence-electron chi connectivity index (χ1n) is 6.84. The maximum atomic E-state index is 10.4. The number of halogens is 2. The van der Waals surface area contributed by atoms with Gasteiger partial charge in [-0.2, -0.15) is 0 Å². The highest BCUT2D eigenvalue weighted by molar-refractivity contribution is 6.36. The van der Waals surface area contributed by atoms with Crippen LogP contribution in [0.4, 0.5) is 0 Å². The second-order valence-electron chi connectivity index (χ2n) is 5.27. The fraction of sp³-hybridized carbons (Fsp3) is 0.294. The molecule has 2 aromatic rings. The molecule has 0 saturated carbocycles. The largest absolute Gasteiger partial charge is 0.387 e. The lowest BCUT2D eigenvalue weighted by Gasteiger charge is -2.22. The van der Waals surface area contributed by atoms with Crippen molar-refractivity contribution in [2.75, 3.05) is 13.6 Å². The van der Waals surface area contributed by atoms with Crippen molar-refractivity contribution in [1.29, 1.82) is 0 Å². The molecule has 2 rings (SSSR count). The summed E-state index contributed by atoms with van der Waals surface area (Å²) in [7, 11) is 1.98. The molecule has 0 saturated heterocycles. The maximum Gasteiger partial charge on any atom is 0.0931 e. The van der Waals surface area contributed by atoms with Crippen molar-refractivity contribution < 1.29 is 5.11 Å². The minimum absolute atomic E-state index is 0.510. The number of aliphatic hydroxyl groups excluding tert-OH is 1. The summed E-state index contributed by atoms with van der Waals surface area (Å²) in [5, 5.41) is 11.6. The first kappa shape index (κ1) is 16.3. The minimum atomic E-state index is -0.637. The molecule has 0 aliphatic heterocycles. The Hall–Kier alpha value is -1.06. The zero-order valence-electron chi connectivity index (χ0n) is 12.2. The highest BCUT2D eigenvalue weighted by Crippen LogP contribution is 2.31. The van der Waals surface area contributed by atoms with E-state index in [1.54, 1.807) is 12.1 Å². The lowest BCUT2D eigenvalue weighted by Crippen LogP contribution is -2.24. The Morgan fingerprint density at radius 3 is 2.43 bits per heavy atom. The van der Waals surface area contributed by atoms with E-state index in [1.807, 2.05) is 32.2 Å². The minimum Gasteiger partial charge on any atom is -0.387 e. The molecule has 112 valence electrons. The predicted molar refractivity (Wildman–Crippen MR) is 88.9 cm³/mol. The van der Waals surface area contributed by atoms with Crippen LogP contribution in [0, 0.1) is 6.92 Å². The van der Waals surface area contributed by atoms with Gasteiger partial charge in [-0.1, -0.05) is 59.6 Å². The van der Waals surface area contributed by atoms with Crippen LogP contribution in [0.15, 0.2) is 42.5 Å². The number of aliphatic hydroxyl groups is 1. The molecule has 0 radical (unpaired) electrons. The van der Waals surface area contributed by atoms with E-state index in [0.717, 1.165) is 17.7 Å². The average Bonchev–Trinajstić information content (AvgIpc) is 2.45. The van der Waals surface area contributed by atoms with Crippen LogP contribution < -0.4 is 0 Å². The summed E-state index contributed by atoms with van der Waals surface area (Å²) in [6, 6.07) is 13.7. The number of hydrogen-bond donors (Lipinski definition) is 1. The zero-order valence-corrected chi connectivity index (χ0v) is 13.7. The van der Waals surface area contributed by atoms with E-state index in [-0.39, 0.29) is 0 Å². The SMILES string of the molecule is Cc1c(Cl)ccc([C@@H](O)CN(C)Cc2ccccc2)c1Cl. The molecule has 1 atom stereocenters. The number of rotatable bonds is 5. The van der Waals surface area contributed by atoms with Gasteiger partial charge in [0.05, 0.1) is 11.1 Å². The Balaban J connectivity index is 2.04. The lowest BCUT2D eigenvalue weighted by atomic mass is 10.1. The molecule has 21 heavy (non-hydrogen) atoms. The molecule has 0 aliphatic rings. The van der Waals surface area contributed by atoms with Crippen LogP contribution in [0.25, 0.3) is 0 Å². The number of benzene rings is 2. The summed E-state index contributed by atoms with van der Waals surface area (Å²) in [4.78, 5) is 2.07. The van der Waals surface area contributed by atoms with Crippen molar-refractivity contribution in [2.24, 2.45) is 0 Å². The molecule has 2 nitrogen and oxygen atoms in total. The topological polar surface area (TPSA) is 23.5 Å². The van der Waals surface area contributed by atoms with Gasteiger partial charge in [0.2, 0.25) is 0 Å². The Morgan fingerprint density at radius 1 is 1.10 bits per heavy atom. The summed E-state index contributed by atoms with van der Waals surface area (Å²) in [6.07, 6.45) is -0.637. The Morgan fingerprint density at radius 2 is 1.76 bits per heavy atom. The molecule has 2 aromatic carbocycles. The molecule has 0 unspecified atom stereocenters. The summed E-state index contributed by atoms with van der Waals surface area (Å²) in [5.41, 5.74) is 2.74. The van der Waals surface area contributed by atoms with Crippen molar-refractivity contribution in [3.8, 4) is 0 Å². The highest BCUT2D eigenvalue weighted by Gasteiger charge is 2.16. The molecule has 4 heteroatoms. The van der Waals surface area contributed by atoms with E-state index in [2.05, 4.69) is 17.0 Å². The molecule has 0 aliphatic carbocycles. The summed E-state index contributed by atoms with van der Waals surface area (Å²) >= 11 is 12.3. The van der Waals surface area contributed by atoms with E-state index in [9.17, 15) is 5.11 Å². The van der Waals surface area contributed by atoms with Gasteiger partial charge >= 0.3 is 0 Å². The Kier molecular flexibility index (Phi) is 5.65. The summed E-state index contributed by atoms with van der Waals surface area (Å²) in [5.74, 6) is 0. The van der Waals surface area contributed by atoms with Crippen LogP contribution in [0.3, 0.4) is 0 Å². The Labute approximate surface area is 135 Å². The van der Waals surface area contributed by atoms with Gasteiger partial charge in [-0.25, -0.2) is 0 Å². The average molecular weight is 324 g/mol. The fourth-order valence-corrected chi connectivity index (χ4v) is 2.79. The van der Waals surface area contributed by atoms with Crippen LogP contribution in [0.5, 0.6) is 0 Å². The third kappa shape index (κ3) is 4.21. The molecule has 0 bridgehead atoms. The predicted octanol–water partition coefficient (Wildman–Crippen LogP) is 4.47. The van der Waals surface area contributed by atoms with Gasteiger partial charge in [-0.05, 0) is 31.2 Å². The van der Waals surface area contributed by atoms with Crippen molar-refractivity contribution in [2.45, 2.75) is 19.6 Å². The van der Waals surface area contributed by atoms with E-state index in [4.69, 9.17) is 23.2 Å². The van der Waals surface area contributed by atoms with E-state index in [0.29, 0.717) is 16.6 Å². The summed E-state index contributed by atoms with van der Waals surface area (Å²) in [6.45, 7) is 3.15. The van der Waals surface area contributed by atoms with Gasteiger partial charge in [0.1, 0.15) is 0 Å². The standard InChI is InChI=1S/C17H19Cl2NO/c1-12-15(18)9-8-14(17(12)19)16(21)11-20(2)10-13-6-4-3-5-7-13/h3-9,16,21H,10-11H2,1-2H3/t16-/m0/s1. The number of likely N-dealkylation sites (N-methyl/N-ethyl adjacent to an activating group) is 1. The third-order valence-electron chi connectivity index (χ3n) is 3.49. The molecule has 0 heterocycles. The first-order valence-corrected chi connectivity index (χ1v) is 7.59. The van der Waals surface area contributed by atoms with Crippen LogP contribution >= 0.6 is 23.2 Å². The van der Waals surface area contributed by atoms with Gasteiger partial charge in [0, 0.05) is 23.7 Å². The van der Waals surface area contributed by atoms with E-state index in [1.165, 1.54) is 5.56 Å². The van der Waals surface area contributed by atoms with Crippen LogP contribution in [0.1, 0.15) is 22.8 Å². The molecule has 0 fully saturated rings. The monoisotopic (exact) mass is 323 g/mol. The number of hydrogen-bond acceptors (Lipinski definition) is 2. The molecular formula is C17H19Cl2NO. The third-order valence-corrected chi connectivity index (χ3v) is 4.40. The normalized spacial score (nSPS) is 12.7. The van der Waals surface area contributed by atoms with E-state index >= 15 is 0 Å². The quantitative estimate of drug-likeness (QED) is 0.877. The molecule has 0 spiro atoms. The highest BCUT2D eigenvalue weighted by atomic mass is 35.5. The van der Waals surface area contributed by atoms with Crippen LogP contribution in [0.2, 0.25) is 10.0 Å². The molecular weight excluding hydrogens is 305 g/mol. The molecule has 1 N–H and O–H groups in total. The van der Waals surface area contributed by atoms with Gasteiger partial charge < -0.3 is 5.11 Å². The molecule has 0 amide bonds. The maximum absolute atomic E-state index is 10.4. The second kappa shape index (κ2) is 7.28. The Bertz CT molecular complexity index is 601. The fourth-order valence-electron chi connectivity index (χ4n) is 2.29. The van der Waals surface area contributed by atoms with Gasteiger partial charge in [-0.15, -0.1) is 0 Å². The zero-order chi connectivity index (χ0) is 15.4. The summed E-state index contributed by atoms with van der Waals surface area (Å²) < 4.78 is 0. The van der Waals surface area contributed by atoms with Gasteiger partial charge in [0.15, 0.2) is 0 Å². The second-order valence-corrected chi connectivity index (χ2v) is 6.06. The van der Waals surface area contributed by atoms with Crippen molar-refractivity contribution >= 4 is 23.2 Å². The molecule has 0 aromatic heterocycles.